The number of nitrogens with one attached hydrogen (secondary N) is 1. The standard InChI is InChI=1S/C27H32N2O3/c1-26(2,3)32-25(30)29-14-13-21(27(4,5)17-29)18-11-12-22-19(15-18)16-23(28-22)20-9-7-8-10-24(20)31-6/h7-13,15-16,28H,14,17H2,1-6H3. The maximum atomic E-state index is 12.6. The van der Waals surface area contributed by atoms with Crippen LogP contribution in [-0.4, -0.2) is 41.8 Å². The largest absolute Gasteiger partial charge is 0.496 e. The number of amides is 1. The molecule has 0 saturated heterocycles. The van der Waals surface area contributed by atoms with Crippen LogP contribution in [0.2, 0.25) is 0 Å². The Morgan fingerprint density at radius 2 is 1.84 bits per heavy atom. The highest BCUT2D eigenvalue weighted by molar-refractivity contribution is 5.90. The van der Waals surface area contributed by atoms with Gasteiger partial charge in [0.2, 0.25) is 0 Å². The fraction of sp³-hybridized carbons (Fsp3) is 0.370. The van der Waals surface area contributed by atoms with Crippen LogP contribution in [-0.2, 0) is 4.74 Å². The molecule has 168 valence electrons. The molecular formula is C27H32N2O3. The van der Waals surface area contributed by atoms with Crippen molar-refractivity contribution in [3.8, 4) is 17.0 Å². The Morgan fingerprint density at radius 3 is 2.53 bits per heavy atom. The number of ether oxygens (including phenoxy) is 2. The number of hydrogen-bond donors (Lipinski definition) is 1. The second-order valence-electron chi connectivity index (χ2n) is 10.0. The highest BCUT2D eigenvalue weighted by Gasteiger charge is 2.34. The lowest BCUT2D eigenvalue weighted by Crippen LogP contribution is -2.45. The molecule has 0 spiro atoms. The Morgan fingerprint density at radius 1 is 1.09 bits per heavy atom. The number of benzene rings is 2. The maximum Gasteiger partial charge on any atom is 0.410 e. The number of H-pyrrole nitrogens is 1. The molecule has 0 bridgehead atoms. The number of fused-ring (bicyclic) bond motifs is 1. The summed E-state index contributed by atoms with van der Waals surface area (Å²) in [5, 5.41) is 1.15. The van der Waals surface area contributed by atoms with Crippen molar-refractivity contribution in [3.63, 3.8) is 0 Å². The molecule has 0 unspecified atom stereocenters. The summed E-state index contributed by atoms with van der Waals surface area (Å²) < 4.78 is 11.1. The van der Waals surface area contributed by atoms with Crippen molar-refractivity contribution in [2.24, 2.45) is 5.41 Å². The molecule has 3 aromatic rings. The number of rotatable bonds is 3. The molecule has 1 N–H and O–H groups in total. The van der Waals surface area contributed by atoms with E-state index in [1.54, 1.807) is 12.0 Å². The SMILES string of the molecule is COc1ccccc1-c1cc2cc(C3=CCN(C(=O)OC(C)(C)C)CC3(C)C)ccc2[nH]1. The van der Waals surface area contributed by atoms with Crippen LogP contribution in [0.15, 0.2) is 54.6 Å². The van der Waals surface area contributed by atoms with Gasteiger partial charge in [0.25, 0.3) is 0 Å². The molecular weight excluding hydrogens is 400 g/mol. The van der Waals surface area contributed by atoms with E-state index in [0.29, 0.717) is 13.1 Å². The number of para-hydroxylation sites is 1. The summed E-state index contributed by atoms with van der Waals surface area (Å²) in [7, 11) is 1.69. The first kappa shape index (κ1) is 22.0. The first-order valence-corrected chi connectivity index (χ1v) is 11.0. The lowest BCUT2D eigenvalue weighted by molar-refractivity contribution is 0.0219. The average molecular weight is 433 g/mol. The molecule has 0 atom stereocenters. The highest BCUT2D eigenvalue weighted by Crippen LogP contribution is 2.40. The third-order valence-electron chi connectivity index (χ3n) is 5.81. The van der Waals surface area contributed by atoms with Crippen molar-refractivity contribution in [3.05, 3.63) is 60.2 Å². The second-order valence-corrected chi connectivity index (χ2v) is 10.0. The molecule has 4 rings (SSSR count). The van der Waals surface area contributed by atoms with Crippen LogP contribution in [0.3, 0.4) is 0 Å². The van der Waals surface area contributed by atoms with Gasteiger partial charge >= 0.3 is 6.09 Å². The fourth-order valence-electron chi connectivity index (χ4n) is 4.39. The number of carbonyl (C=O) groups is 1. The van der Waals surface area contributed by atoms with Gasteiger partial charge in [-0.2, -0.15) is 0 Å². The Kier molecular flexibility index (Phi) is 5.53. The van der Waals surface area contributed by atoms with Gasteiger partial charge in [-0.1, -0.05) is 38.1 Å². The minimum absolute atomic E-state index is 0.190. The quantitative estimate of drug-likeness (QED) is 0.514. The lowest BCUT2D eigenvalue weighted by Gasteiger charge is -2.39. The molecule has 0 saturated carbocycles. The molecule has 0 radical (unpaired) electrons. The summed E-state index contributed by atoms with van der Waals surface area (Å²) in [6.07, 6.45) is 1.89. The van der Waals surface area contributed by atoms with E-state index in [2.05, 4.69) is 55.2 Å². The van der Waals surface area contributed by atoms with E-state index >= 15 is 0 Å². The number of aromatic nitrogens is 1. The van der Waals surface area contributed by atoms with Gasteiger partial charge in [0.15, 0.2) is 0 Å². The number of aromatic amines is 1. The molecule has 0 fully saturated rings. The van der Waals surface area contributed by atoms with Gasteiger partial charge in [0.1, 0.15) is 11.4 Å². The molecule has 0 aliphatic carbocycles. The zero-order chi connectivity index (χ0) is 23.1. The Balaban J connectivity index is 1.64. The van der Waals surface area contributed by atoms with Crippen LogP contribution < -0.4 is 4.74 Å². The Bertz CT molecular complexity index is 1180. The number of hydrogen-bond acceptors (Lipinski definition) is 3. The number of methoxy groups -OCH3 is 1. The van der Waals surface area contributed by atoms with E-state index in [-0.39, 0.29) is 11.5 Å². The molecule has 1 aliphatic rings. The Hall–Kier alpha value is -3.21. The van der Waals surface area contributed by atoms with Crippen LogP contribution in [0.25, 0.3) is 27.7 Å². The predicted octanol–water partition coefficient (Wildman–Crippen LogP) is 6.50. The van der Waals surface area contributed by atoms with E-state index in [1.165, 1.54) is 11.1 Å². The van der Waals surface area contributed by atoms with Crippen LogP contribution in [0.5, 0.6) is 5.75 Å². The van der Waals surface area contributed by atoms with Crippen molar-refractivity contribution in [1.82, 2.24) is 9.88 Å². The normalized spacial score (nSPS) is 16.1. The van der Waals surface area contributed by atoms with E-state index < -0.39 is 5.60 Å². The molecule has 32 heavy (non-hydrogen) atoms. The summed E-state index contributed by atoms with van der Waals surface area (Å²) in [6, 6.07) is 16.7. The maximum absolute atomic E-state index is 12.6. The zero-order valence-corrected chi connectivity index (χ0v) is 19.8. The Labute approximate surface area is 190 Å². The summed E-state index contributed by atoms with van der Waals surface area (Å²) in [5.74, 6) is 0.845. The van der Waals surface area contributed by atoms with Crippen molar-refractivity contribution in [2.45, 2.75) is 40.2 Å². The molecule has 1 aliphatic heterocycles. The van der Waals surface area contributed by atoms with Crippen LogP contribution in [0.4, 0.5) is 4.79 Å². The first-order valence-electron chi connectivity index (χ1n) is 11.0. The monoisotopic (exact) mass is 432 g/mol. The summed E-state index contributed by atoms with van der Waals surface area (Å²) >= 11 is 0. The van der Waals surface area contributed by atoms with Gasteiger partial charge in [0, 0.05) is 35.0 Å². The van der Waals surface area contributed by atoms with E-state index in [0.717, 1.165) is 27.9 Å². The van der Waals surface area contributed by atoms with Crippen molar-refractivity contribution in [1.29, 1.82) is 0 Å². The molecule has 2 aromatic carbocycles. The smallest absolute Gasteiger partial charge is 0.410 e. The van der Waals surface area contributed by atoms with Gasteiger partial charge in [-0.25, -0.2) is 4.79 Å². The van der Waals surface area contributed by atoms with Crippen LogP contribution in [0, 0.1) is 5.41 Å². The zero-order valence-electron chi connectivity index (χ0n) is 19.8. The van der Waals surface area contributed by atoms with Crippen molar-refractivity contribution < 1.29 is 14.3 Å². The number of nitrogens with zero attached hydrogens (tertiary/aromatic N) is 1. The molecule has 1 aromatic heterocycles. The van der Waals surface area contributed by atoms with E-state index in [4.69, 9.17) is 9.47 Å². The van der Waals surface area contributed by atoms with Gasteiger partial charge in [0.05, 0.1) is 12.8 Å². The average Bonchev–Trinajstić information content (AvgIpc) is 3.15. The lowest BCUT2D eigenvalue weighted by atomic mass is 9.77. The van der Waals surface area contributed by atoms with Gasteiger partial charge < -0.3 is 19.4 Å². The van der Waals surface area contributed by atoms with Crippen molar-refractivity contribution in [2.75, 3.05) is 20.2 Å². The fourth-order valence-corrected chi connectivity index (χ4v) is 4.39. The third kappa shape index (κ3) is 4.38. The van der Waals surface area contributed by atoms with Crippen LogP contribution >= 0.6 is 0 Å². The van der Waals surface area contributed by atoms with Gasteiger partial charge in [-0.15, -0.1) is 0 Å². The number of carbonyl (C=O) groups excluding carboxylic acids is 1. The summed E-state index contributed by atoms with van der Waals surface area (Å²) in [5.41, 5.74) is 4.89. The molecule has 1 amide bonds. The third-order valence-corrected chi connectivity index (χ3v) is 5.81. The van der Waals surface area contributed by atoms with E-state index in [1.807, 2.05) is 39.0 Å². The minimum Gasteiger partial charge on any atom is -0.496 e. The van der Waals surface area contributed by atoms with Gasteiger partial charge in [-0.3, -0.25) is 0 Å². The predicted molar refractivity (Wildman–Crippen MR) is 130 cm³/mol. The van der Waals surface area contributed by atoms with Crippen molar-refractivity contribution >= 4 is 22.6 Å². The summed E-state index contributed by atoms with van der Waals surface area (Å²) in [6.45, 7) is 11.2. The second kappa shape index (κ2) is 8.05. The minimum atomic E-state index is -0.496. The van der Waals surface area contributed by atoms with E-state index in [9.17, 15) is 4.79 Å². The molecule has 5 heteroatoms. The first-order chi connectivity index (χ1) is 15.1. The van der Waals surface area contributed by atoms with Crippen LogP contribution in [0.1, 0.15) is 40.2 Å². The molecule has 2 heterocycles. The highest BCUT2D eigenvalue weighted by atomic mass is 16.6. The molecule has 5 nitrogen and oxygen atoms in total. The van der Waals surface area contributed by atoms with Gasteiger partial charge in [-0.05, 0) is 62.2 Å². The summed E-state index contributed by atoms with van der Waals surface area (Å²) in [4.78, 5) is 17.9. The topological polar surface area (TPSA) is 54.6 Å².